The number of halogens is 2. The number of nitrogens with one attached hydrogen (secondary N) is 4. The minimum absolute atomic E-state index is 0.137. The van der Waals surface area contributed by atoms with Gasteiger partial charge in [0.2, 0.25) is 11.8 Å². The van der Waals surface area contributed by atoms with Crippen molar-refractivity contribution in [3.8, 4) is 5.75 Å². The first-order valence-electron chi connectivity index (χ1n) is 17.6. The number of carbonyl (C=O) groups is 4. The first-order chi connectivity index (χ1) is 25.7. The number of rotatable bonds is 12. The Hall–Kier alpha value is -5.95. The van der Waals surface area contributed by atoms with Crippen molar-refractivity contribution in [2.24, 2.45) is 0 Å². The molecule has 4 aromatic carbocycles. The molecule has 11 nitrogen and oxygen atoms in total. The molecule has 2 fully saturated rings. The molecule has 3 amide bonds. The molecule has 0 radical (unpaired) electrons. The lowest BCUT2D eigenvalue weighted by molar-refractivity contribution is -0.133. The molecule has 53 heavy (non-hydrogen) atoms. The van der Waals surface area contributed by atoms with Crippen LogP contribution in [0.3, 0.4) is 0 Å². The molecule has 2 aliphatic rings. The van der Waals surface area contributed by atoms with Gasteiger partial charge in [-0.2, -0.15) is 5.10 Å². The number of carbonyl (C=O) groups excluding carboxylic acids is 4. The van der Waals surface area contributed by atoms with Gasteiger partial charge in [-0.3, -0.25) is 29.6 Å². The Bertz CT molecular complexity index is 2140. The number of nitrogens with zero attached hydrogens (tertiary/aromatic N) is 2. The maximum atomic E-state index is 13.7. The third-order valence-corrected chi connectivity index (χ3v) is 9.92. The molecule has 7 rings (SSSR count). The van der Waals surface area contributed by atoms with Crippen LogP contribution in [0.2, 0.25) is 0 Å². The highest BCUT2D eigenvalue weighted by Crippen LogP contribution is 2.30. The smallest absolute Gasteiger partial charge is 0.298 e. The van der Waals surface area contributed by atoms with Gasteiger partial charge in [-0.05, 0) is 122 Å². The van der Waals surface area contributed by atoms with Crippen LogP contribution in [0.25, 0.3) is 10.9 Å². The molecule has 0 saturated carbocycles. The summed E-state index contributed by atoms with van der Waals surface area (Å²) in [7, 11) is 0. The van der Waals surface area contributed by atoms with Crippen LogP contribution in [-0.4, -0.2) is 65.0 Å². The first kappa shape index (κ1) is 35.5. The summed E-state index contributed by atoms with van der Waals surface area (Å²) < 4.78 is 32.7. The summed E-state index contributed by atoms with van der Waals surface area (Å²) in [4.78, 5) is 50.7. The lowest BCUT2D eigenvalue weighted by atomic mass is 9.89. The van der Waals surface area contributed by atoms with Crippen LogP contribution in [0, 0.1) is 11.6 Å². The fourth-order valence-corrected chi connectivity index (χ4v) is 7.11. The molecule has 4 N–H and O–H groups in total. The van der Waals surface area contributed by atoms with E-state index < -0.39 is 23.6 Å². The topological polar surface area (TPSA) is 146 Å². The normalized spacial score (nSPS) is 16.7. The summed E-state index contributed by atoms with van der Waals surface area (Å²) in [5.74, 6) is -1.51. The van der Waals surface area contributed by atoms with Gasteiger partial charge in [0.25, 0.3) is 12.4 Å². The molecule has 0 bridgehead atoms. The van der Waals surface area contributed by atoms with E-state index in [4.69, 9.17) is 4.74 Å². The lowest BCUT2D eigenvalue weighted by Crippen LogP contribution is -2.47. The molecule has 1 aromatic heterocycles. The number of imide groups is 1. The summed E-state index contributed by atoms with van der Waals surface area (Å²) in [5, 5.41) is 16.1. The van der Waals surface area contributed by atoms with Gasteiger partial charge < -0.3 is 20.3 Å². The summed E-state index contributed by atoms with van der Waals surface area (Å²) in [6.45, 7) is 2.95. The van der Waals surface area contributed by atoms with Crippen molar-refractivity contribution in [1.82, 2.24) is 20.4 Å². The van der Waals surface area contributed by atoms with Gasteiger partial charge in [0.05, 0.1) is 11.1 Å². The van der Waals surface area contributed by atoms with E-state index >= 15 is 0 Å². The summed E-state index contributed by atoms with van der Waals surface area (Å²) in [6, 6.07) is 21.7. The zero-order chi connectivity index (χ0) is 36.9. The molecule has 2 aliphatic heterocycles. The summed E-state index contributed by atoms with van der Waals surface area (Å²) >= 11 is 0. The minimum Gasteiger partial charge on any atom is -0.428 e. The fraction of sp³-hybridized carbons (Fsp3) is 0.275. The second-order valence-corrected chi connectivity index (χ2v) is 13.5. The largest absolute Gasteiger partial charge is 0.428 e. The van der Waals surface area contributed by atoms with Crippen LogP contribution in [0.5, 0.6) is 5.75 Å². The van der Waals surface area contributed by atoms with Gasteiger partial charge in [-0.15, -0.1) is 0 Å². The van der Waals surface area contributed by atoms with Crippen LogP contribution < -0.4 is 20.7 Å². The second kappa shape index (κ2) is 15.7. The number of fused-ring (bicyclic) bond motifs is 1. The molecule has 0 spiro atoms. The highest BCUT2D eigenvalue weighted by molar-refractivity contribution is 6.09. The summed E-state index contributed by atoms with van der Waals surface area (Å²) in [5.41, 5.74) is 5.10. The van der Waals surface area contributed by atoms with E-state index in [-0.39, 0.29) is 35.4 Å². The number of aromatic nitrogens is 2. The van der Waals surface area contributed by atoms with E-state index in [0.717, 1.165) is 55.4 Å². The molecule has 1 unspecified atom stereocenters. The number of likely N-dealkylation sites (tertiary alicyclic amines) is 1. The number of amides is 3. The Kier molecular flexibility index (Phi) is 10.5. The standard InChI is InChI=1S/C40H38F2N6O5/c41-29-18-26(19-30(42)22-29)17-25-2-8-34-33(20-25)38(47-46-34)45-39(51)32-7-1-24(21-36(32)53-23-49)11-14-48-15-12-28(13-16-48)27-3-5-31(6-4-27)43-35-9-10-37(50)44-40(35)52/h1-8,18-23,28,35,43H,9-17H2,(H,44,50,52)(H2,45,46,47,51). The van der Waals surface area contributed by atoms with Crippen LogP contribution in [0.1, 0.15) is 64.2 Å². The second-order valence-electron chi connectivity index (χ2n) is 13.5. The van der Waals surface area contributed by atoms with Crippen molar-refractivity contribution in [2.45, 2.75) is 50.5 Å². The quantitative estimate of drug-likeness (QED) is 0.0927. The minimum atomic E-state index is -0.652. The van der Waals surface area contributed by atoms with E-state index in [1.165, 1.54) is 17.7 Å². The number of anilines is 2. The first-order valence-corrected chi connectivity index (χ1v) is 17.6. The Morgan fingerprint density at radius 1 is 0.906 bits per heavy atom. The van der Waals surface area contributed by atoms with E-state index in [9.17, 15) is 28.0 Å². The zero-order valence-electron chi connectivity index (χ0n) is 28.8. The Morgan fingerprint density at radius 3 is 2.40 bits per heavy atom. The van der Waals surface area contributed by atoms with Crippen molar-refractivity contribution in [3.05, 3.63) is 118 Å². The maximum Gasteiger partial charge on any atom is 0.298 e. The third-order valence-electron chi connectivity index (χ3n) is 9.92. The van der Waals surface area contributed by atoms with Gasteiger partial charge in [-0.1, -0.05) is 24.3 Å². The van der Waals surface area contributed by atoms with Crippen molar-refractivity contribution in [2.75, 3.05) is 30.3 Å². The van der Waals surface area contributed by atoms with Crippen molar-refractivity contribution >= 4 is 46.6 Å². The Labute approximate surface area is 304 Å². The number of ether oxygens (including phenoxy) is 1. The fourth-order valence-electron chi connectivity index (χ4n) is 7.11. The highest BCUT2D eigenvalue weighted by atomic mass is 19.1. The number of piperidine rings is 2. The number of H-pyrrole nitrogens is 1. The molecule has 272 valence electrons. The monoisotopic (exact) mass is 720 g/mol. The molecular weight excluding hydrogens is 682 g/mol. The highest BCUT2D eigenvalue weighted by Gasteiger charge is 2.27. The van der Waals surface area contributed by atoms with E-state index in [2.05, 4.69) is 43.2 Å². The molecular formula is C40H38F2N6O5. The third kappa shape index (κ3) is 8.58. The van der Waals surface area contributed by atoms with Gasteiger partial charge in [-0.25, -0.2) is 8.78 Å². The van der Waals surface area contributed by atoms with Crippen molar-refractivity contribution in [3.63, 3.8) is 0 Å². The number of benzene rings is 4. The molecule has 5 aromatic rings. The Morgan fingerprint density at radius 2 is 1.66 bits per heavy atom. The number of hydrogen-bond donors (Lipinski definition) is 4. The molecule has 0 aliphatic carbocycles. The molecule has 2 saturated heterocycles. The van der Waals surface area contributed by atoms with Crippen molar-refractivity contribution < 1.29 is 32.7 Å². The van der Waals surface area contributed by atoms with Gasteiger partial charge in [0.15, 0.2) is 5.82 Å². The van der Waals surface area contributed by atoms with E-state index in [1.54, 1.807) is 24.3 Å². The Balaban J connectivity index is 0.931. The molecule has 3 heterocycles. The zero-order valence-corrected chi connectivity index (χ0v) is 28.8. The van der Waals surface area contributed by atoms with Crippen LogP contribution >= 0.6 is 0 Å². The van der Waals surface area contributed by atoms with E-state index in [0.29, 0.717) is 48.1 Å². The van der Waals surface area contributed by atoms with Crippen LogP contribution in [-0.2, 0) is 27.2 Å². The molecule has 1 atom stereocenters. The summed E-state index contributed by atoms with van der Waals surface area (Å²) in [6.07, 6.45) is 3.80. The molecule has 13 heteroatoms. The van der Waals surface area contributed by atoms with Gasteiger partial charge >= 0.3 is 0 Å². The van der Waals surface area contributed by atoms with Crippen LogP contribution in [0.15, 0.2) is 78.9 Å². The van der Waals surface area contributed by atoms with Gasteiger partial charge in [0.1, 0.15) is 23.4 Å². The number of aromatic amines is 1. The van der Waals surface area contributed by atoms with E-state index in [1.807, 2.05) is 24.3 Å². The SMILES string of the molecule is O=COc1cc(CCN2CCC(c3ccc(NC4CCC(=O)NC4=O)cc3)CC2)ccc1C(=O)Nc1n[nH]c2ccc(Cc3cc(F)cc(F)c3)cc12. The predicted molar refractivity (Wildman–Crippen MR) is 195 cm³/mol. The van der Waals surface area contributed by atoms with Crippen molar-refractivity contribution in [1.29, 1.82) is 0 Å². The average molecular weight is 721 g/mol. The average Bonchev–Trinajstić information content (AvgIpc) is 3.53. The lowest BCUT2D eigenvalue weighted by Gasteiger charge is -2.32. The predicted octanol–water partition coefficient (Wildman–Crippen LogP) is 5.86. The van der Waals surface area contributed by atoms with Crippen LogP contribution in [0.4, 0.5) is 20.3 Å². The number of hydrogen-bond acceptors (Lipinski definition) is 8. The maximum absolute atomic E-state index is 13.7. The van der Waals surface area contributed by atoms with Gasteiger partial charge in [0, 0.05) is 30.1 Å².